The van der Waals surface area contributed by atoms with Crippen molar-refractivity contribution in [2.75, 3.05) is 26.0 Å². The van der Waals surface area contributed by atoms with Crippen LogP contribution in [-0.4, -0.2) is 107 Å². The summed E-state index contributed by atoms with van der Waals surface area (Å²) in [5, 5.41) is 28.5. The lowest BCUT2D eigenvalue weighted by molar-refractivity contribution is -0.195. The highest BCUT2D eigenvalue weighted by Crippen LogP contribution is 2.55. The van der Waals surface area contributed by atoms with Crippen LogP contribution in [0.5, 0.6) is 5.88 Å². The summed E-state index contributed by atoms with van der Waals surface area (Å²) >= 11 is 0. The molecule has 7 atom stereocenters. The molecule has 0 amide bonds. The number of nitrogens with one attached hydrogen (secondary N) is 2. The zero-order chi connectivity index (χ0) is 35.8. The van der Waals surface area contributed by atoms with Gasteiger partial charge in [-0.05, 0) is 52.4 Å². The zero-order valence-corrected chi connectivity index (χ0v) is 30.0. The molecule has 0 radical (unpaired) electrons. The summed E-state index contributed by atoms with van der Waals surface area (Å²) < 4.78 is 42.8. The predicted molar refractivity (Wildman–Crippen MR) is 176 cm³/mol. The van der Waals surface area contributed by atoms with E-state index in [-0.39, 0.29) is 47.5 Å². The minimum atomic E-state index is -4.32. The Kier molecular flexibility index (Phi) is 11.6. The van der Waals surface area contributed by atoms with Gasteiger partial charge in [-0.15, -0.1) is 0 Å². The Morgan fingerprint density at radius 3 is 2.06 bits per heavy atom. The molecule has 0 aliphatic carbocycles. The number of methoxy groups -OCH3 is 1. The Morgan fingerprint density at radius 2 is 1.58 bits per heavy atom. The minimum Gasteiger partial charge on any atom is -0.479 e. The van der Waals surface area contributed by atoms with Crippen LogP contribution in [0.1, 0.15) is 68.2 Å². The topological polar surface area (TPSA) is 226 Å². The SMILES string of the molecule is COc1nc(N)nc2c1N=C[N+]21CC2(O)C(O)C(COP(=O)(NC(CC(C)C)C(=O)OC(C)C)NC(CC(C)C)C(=O)OC(C)C)OC21. The summed E-state index contributed by atoms with van der Waals surface area (Å²) in [6.45, 7) is 13.8. The molecule has 1 aromatic rings. The van der Waals surface area contributed by atoms with Gasteiger partial charge in [0.2, 0.25) is 23.5 Å². The molecule has 2 fully saturated rings. The van der Waals surface area contributed by atoms with E-state index >= 15 is 0 Å². The number of aliphatic imine (C=N–C) groups is 1. The van der Waals surface area contributed by atoms with Crippen LogP contribution in [0.15, 0.2) is 4.99 Å². The van der Waals surface area contributed by atoms with Crippen molar-refractivity contribution in [2.24, 2.45) is 16.8 Å². The van der Waals surface area contributed by atoms with Crippen molar-refractivity contribution >= 4 is 43.4 Å². The van der Waals surface area contributed by atoms with E-state index in [2.05, 4.69) is 25.1 Å². The lowest BCUT2D eigenvalue weighted by atomic mass is 9.83. The number of fused-ring (bicyclic) bond motifs is 4. The maximum Gasteiger partial charge on any atom is 0.342 e. The number of anilines is 1. The second kappa shape index (κ2) is 14.6. The Morgan fingerprint density at radius 1 is 1.04 bits per heavy atom. The summed E-state index contributed by atoms with van der Waals surface area (Å²) in [4.78, 5) is 39.1. The molecule has 6 N–H and O–H groups in total. The summed E-state index contributed by atoms with van der Waals surface area (Å²) in [5.41, 5.74) is 4.48. The molecule has 4 heterocycles. The lowest BCUT2D eigenvalue weighted by Gasteiger charge is -2.51. The average molecular weight is 701 g/mol. The number of aliphatic hydroxyl groups excluding tert-OH is 1. The van der Waals surface area contributed by atoms with E-state index in [1.807, 2.05) is 27.7 Å². The third-order valence-corrected chi connectivity index (χ3v) is 9.94. The first-order valence-corrected chi connectivity index (χ1v) is 17.9. The van der Waals surface area contributed by atoms with E-state index in [0.29, 0.717) is 11.5 Å². The molecule has 1 aromatic heterocycles. The standard InChI is InChI=1S/C30H51N7O10P/c1-15(2)10-19(26(39)45-17(5)6)35-48(42,36-20(11-16(3)4)27(40)46-18(7)8)44-12-21-23(38)30(41)13-37(28(30)47-21)14-32-22-24(37)33-29(31)34-25(22)43-9/h14-21,23,28,38,41H,10-13H2,1-9H3,(H2,31,33,34)(H2,35,36,42)/q+1. The number of hydrogen-bond acceptors (Lipinski definition) is 14. The van der Waals surface area contributed by atoms with Crippen LogP contribution < -0.4 is 25.1 Å². The van der Waals surface area contributed by atoms with E-state index in [0.717, 1.165) is 0 Å². The molecule has 0 saturated carbocycles. The molecule has 2 saturated heterocycles. The second-order valence-corrected chi connectivity index (χ2v) is 15.9. The highest BCUT2D eigenvalue weighted by atomic mass is 31.2. The fraction of sp³-hybridized carbons (Fsp3) is 0.767. The van der Waals surface area contributed by atoms with Crippen LogP contribution in [-0.2, 0) is 32.9 Å². The van der Waals surface area contributed by atoms with Crippen LogP contribution in [0, 0.1) is 11.8 Å². The smallest absolute Gasteiger partial charge is 0.342 e. The number of quaternary nitrogens is 1. The predicted octanol–water partition coefficient (Wildman–Crippen LogP) is 1.92. The van der Waals surface area contributed by atoms with E-state index < -0.39 is 74.5 Å². The number of carbonyl (C=O) groups excluding carboxylic acids is 2. The number of rotatable bonds is 16. The van der Waals surface area contributed by atoms with Crippen LogP contribution in [0.3, 0.4) is 0 Å². The van der Waals surface area contributed by atoms with Gasteiger partial charge in [0.15, 0.2) is 6.34 Å². The number of carbonyl (C=O) groups is 2. The van der Waals surface area contributed by atoms with Gasteiger partial charge in [0.25, 0.3) is 11.7 Å². The first kappa shape index (κ1) is 38.0. The average Bonchev–Trinajstić information content (AvgIpc) is 3.42. The molecule has 3 aliphatic heterocycles. The quantitative estimate of drug-likeness (QED) is 0.0943. The first-order valence-electron chi connectivity index (χ1n) is 16.3. The van der Waals surface area contributed by atoms with Gasteiger partial charge in [-0.25, -0.2) is 10.2 Å². The van der Waals surface area contributed by atoms with E-state index in [1.165, 1.54) is 13.4 Å². The minimum absolute atomic E-state index is 0.0146. The summed E-state index contributed by atoms with van der Waals surface area (Å²) in [7, 11) is -2.91. The molecule has 270 valence electrons. The lowest BCUT2D eigenvalue weighted by Crippen LogP contribution is -2.82. The molecular weight excluding hydrogens is 649 g/mol. The van der Waals surface area contributed by atoms with Crippen LogP contribution in [0.4, 0.5) is 17.5 Å². The molecule has 18 heteroatoms. The Bertz CT molecular complexity index is 1390. The van der Waals surface area contributed by atoms with Crippen LogP contribution in [0.2, 0.25) is 0 Å². The largest absolute Gasteiger partial charge is 0.479 e. The molecule has 0 bridgehead atoms. The molecule has 48 heavy (non-hydrogen) atoms. The second-order valence-electron chi connectivity index (χ2n) is 14.0. The summed E-state index contributed by atoms with van der Waals surface area (Å²) in [6, 6.07) is -2.15. The van der Waals surface area contributed by atoms with Gasteiger partial charge in [0.1, 0.15) is 30.8 Å². The molecule has 7 unspecified atom stereocenters. The first-order chi connectivity index (χ1) is 22.3. The van der Waals surface area contributed by atoms with Gasteiger partial charge < -0.3 is 39.4 Å². The Hall–Kier alpha value is -2.76. The van der Waals surface area contributed by atoms with Crippen LogP contribution in [0.25, 0.3) is 0 Å². The molecular formula is C30H51N7O10P+. The van der Waals surface area contributed by atoms with Gasteiger partial charge >= 0.3 is 19.6 Å². The van der Waals surface area contributed by atoms with Gasteiger partial charge in [-0.3, -0.25) is 14.2 Å². The fourth-order valence-electron chi connectivity index (χ4n) is 6.19. The number of nitrogens with two attached hydrogens (primary N) is 1. The van der Waals surface area contributed by atoms with Gasteiger partial charge in [0, 0.05) is 0 Å². The number of aromatic nitrogens is 2. The number of nitrogen functional groups attached to an aromatic ring is 1. The monoisotopic (exact) mass is 700 g/mol. The molecule has 17 nitrogen and oxygen atoms in total. The van der Waals surface area contributed by atoms with E-state index in [9.17, 15) is 24.4 Å². The summed E-state index contributed by atoms with van der Waals surface area (Å²) in [5.74, 6) is -0.909. The third kappa shape index (κ3) is 7.83. The summed E-state index contributed by atoms with van der Waals surface area (Å²) in [6.07, 6.45) is -2.63. The zero-order valence-electron chi connectivity index (χ0n) is 29.1. The molecule has 3 aliphatic rings. The Balaban J connectivity index is 1.61. The number of nitrogens with zero attached hydrogens (tertiary/aromatic N) is 4. The van der Waals surface area contributed by atoms with Gasteiger partial charge in [-0.1, -0.05) is 27.7 Å². The number of ether oxygens (including phenoxy) is 4. The normalized spacial score (nSPS) is 28.4. The third-order valence-electron chi connectivity index (χ3n) is 8.12. The van der Waals surface area contributed by atoms with Crippen molar-refractivity contribution < 1.29 is 47.8 Å². The van der Waals surface area contributed by atoms with Crippen molar-refractivity contribution in [1.82, 2.24) is 24.6 Å². The van der Waals surface area contributed by atoms with Crippen molar-refractivity contribution in [3.8, 4) is 5.88 Å². The highest BCUT2D eigenvalue weighted by Gasteiger charge is 2.78. The van der Waals surface area contributed by atoms with Gasteiger partial charge in [0.05, 0.1) is 25.9 Å². The maximum atomic E-state index is 14.7. The van der Waals surface area contributed by atoms with Crippen LogP contribution >= 0.6 is 7.67 Å². The molecule has 1 spiro atoms. The van der Waals surface area contributed by atoms with E-state index in [4.69, 9.17) is 29.2 Å². The van der Waals surface area contributed by atoms with Crippen molar-refractivity contribution in [1.29, 1.82) is 0 Å². The fourth-order valence-corrected chi connectivity index (χ4v) is 8.01. The number of aliphatic hydroxyl groups is 2. The van der Waals surface area contributed by atoms with Crippen molar-refractivity contribution in [3.63, 3.8) is 0 Å². The number of hydrogen-bond donors (Lipinski definition) is 5. The molecule has 4 rings (SSSR count). The maximum absolute atomic E-state index is 14.7. The van der Waals surface area contributed by atoms with Crippen molar-refractivity contribution in [2.45, 2.75) is 117 Å². The van der Waals surface area contributed by atoms with E-state index in [1.54, 1.807) is 27.7 Å². The Labute approximate surface area is 281 Å². The highest BCUT2D eigenvalue weighted by molar-refractivity contribution is 7.54. The van der Waals surface area contributed by atoms with Gasteiger partial charge in [-0.2, -0.15) is 19.4 Å². The number of esters is 2. The van der Waals surface area contributed by atoms with Crippen molar-refractivity contribution in [3.05, 3.63) is 0 Å². The molecule has 0 aromatic carbocycles.